The van der Waals surface area contributed by atoms with Gasteiger partial charge in [-0.25, -0.2) is 13.4 Å². The number of nitrogens with one attached hydrogen (secondary N) is 2. The van der Waals surface area contributed by atoms with E-state index >= 15 is 0 Å². The van der Waals surface area contributed by atoms with Crippen molar-refractivity contribution in [2.24, 2.45) is 5.92 Å². The molecule has 0 atom stereocenters. The number of rotatable bonds is 7. The predicted octanol–water partition coefficient (Wildman–Crippen LogP) is 2.91. The Bertz CT molecular complexity index is 802. The Labute approximate surface area is 150 Å². The number of aromatic nitrogens is 1. The predicted molar refractivity (Wildman–Crippen MR) is 95.9 cm³/mol. The zero-order valence-electron chi connectivity index (χ0n) is 13.2. The molecule has 0 spiro atoms. The molecule has 0 unspecified atom stereocenters. The first-order chi connectivity index (χ1) is 11.3. The summed E-state index contributed by atoms with van der Waals surface area (Å²) in [7, 11) is -3.73. The summed E-state index contributed by atoms with van der Waals surface area (Å²) in [6.45, 7) is 4.61. The van der Waals surface area contributed by atoms with Crippen molar-refractivity contribution in [2.75, 3.05) is 11.3 Å². The molecule has 1 amide bonds. The fourth-order valence-corrected chi connectivity index (χ4v) is 3.86. The van der Waals surface area contributed by atoms with Crippen LogP contribution in [0.1, 0.15) is 19.5 Å². The van der Waals surface area contributed by atoms with Crippen LogP contribution >= 0.6 is 22.9 Å². The van der Waals surface area contributed by atoms with Crippen LogP contribution in [0.25, 0.3) is 0 Å². The Morgan fingerprint density at radius 2 is 1.96 bits per heavy atom. The van der Waals surface area contributed by atoms with E-state index in [2.05, 4.69) is 15.0 Å². The highest BCUT2D eigenvalue weighted by Gasteiger charge is 2.16. The Morgan fingerprint density at radius 1 is 1.29 bits per heavy atom. The fourth-order valence-electron chi connectivity index (χ4n) is 1.77. The van der Waals surface area contributed by atoms with Crippen LogP contribution in [0.5, 0.6) is 0 Å². The number of halogens is 1. The normalized spacial score (nSPS) is 11.5. The molecule has 2 aromatic rings. The first kappa shape index (κ1) is 18.7. The van der Waals surface area contributed by atoms with Gasteiger partial charge in [0.25, 0.3) is 10.0 Å². The molecule has 0 aliphatic rings. The van der Waals surface area contributed by atoms with E-state index in [4.69, 9.17) is 11.6 Å². The second-order valence-electron chi connectivity index (χ2n) is 5.58. The Morgan fingerprint density at radius 3 is 2.58 bits per heavy atom. The van der Waals surface area contributed by atoms with Gasteiger partial charge in [0, 0.05) is 16.9 Å². The summed E-state index contributed by atoms with van der Waals surface area (Å²) in [6.07, 6.45) is 0.117. The van der Waals surface area contributed by atoms with Crippen LogP contribution in [-0.4, -0.2) is 25.9 Å². The zero-order valence-corrected chi connectivity index (χ0v) is 15.6. The number of amides is 1. The van der Waals surface area contributed by atoms with Gasteiger partial charge in [-0.05, 0) is 30.2 Å². The van der Waals surface area contributed by atoms with E-state index in [1.165, 1.54) is 24.3 Å². The molecule has 2 rings (SSSR count). The monoisotopic (exact) mass is 387 g/mol. The van der Waals surface area contributed by atoms with Crippen molar-refractivity contribution < 1.29 is 13.2 Å². The van der Waals surface area contributed by atoms with Gasteiger partial charge in [-0.1, -0.05) is 25.4 Å². The molecule has 130 valence electrons. The van der Waals surface area contributed by atoms with E-state index < -0.39 is 10.0 Å². The number of sulfonamides is 1. The summed E-state index contributed by atoms with van der Waals surface area (Å²) < 4.78 is 26.9. The second-order valence-corrected chi connectivity index (χ2v) is 8.56. The minimum absolute atomic E-state index is 0.0957. The number of carbonyl (C=O) groups is 1. The summed E-state index contributed by atoms with van der Waals surface area (Å²) in [5, 5.41) is 5.13. The summed E-state index contributed by atoms with van der Waals surface area (Å²) >= 11 is 6.89. The van der Waals surface area contributed by atoms with Crippen LogP contribution in [0.2, 0.25) is 5.02 Å². The fraction of sp³-hybridized carbons (Fsp3) is 0.333. The SMILES string of the molecule is CC(C)CNC(=O)Cc1csc(NS(=O)(=O)c2ccc(Cl)cc2)n1. The van der Waals surface area contributed by atoms with Crippen molar-refractivity contribution in [1.29, 1.82) is 0 Å². The Hall–Kier alpha value is -1.64. The molecule has 1 aromatic carbocycles. The van der Waals surface area contributed by atoms with E-state index in [1.54, 1.807) is 5.38 Å². The summed E-state index contributed by atoms with van der Waals surface area (Å²) in [5.74, 6) is 0.229. The van der Waals surface area contributed by atoms with Crippen LogP contribution < -0.4 is 10.0 Å². The largest absolute Gasteiger partial charge is 0.356 e. The molecule has 6 nitrogen and oxygen atoms in total. The minimum Gasteiger partial charge on any atom is -0.356 e. The van der Waals surface area contributed by atoms with Crippen molar-refractivity contribution in [3.8, 4) is 0 Å². The quantitative estimate of drug-likeness (QED) is 0.764. The van der Waals surface area contributed by atoms with Crippen LogP contribution in [0, 0.1) is 5.92 Å². The maximum Gasteiger partial charge on any atom is 0.263 e. The van der Waals surface area contributed by atoms with E-state index in [-0.39, 0.29) is 22.4 Å². The van der Waals surface area contributed by atoms with Gasteiger partial charge >= 0.3 is 0 Å². The van der Waals surface area contributed by atoms with Crippen molar-refractivity contribution in [2.45, 2.75) is 25.2 Å². The topological polar surface area (TPSA) is 88.2 Å². The first-order valence-electron chi connectivity index (χ1n) is 7.26. The molecule has 1 heterocycles. The molecule has 0 fully saturated rings. The number of hydrogen-bond acceptors (Lipinski definition) is 5. The highest BCUT2D eigenvalue weighted by Crippen LogP contribution is 2.21. The molecule has 0 saturated heterocycles. The molecule has 0 saturated carbocycles. The molecule has 1 aromatic heterocycles. The van der Waals surface area contributed by atoms with Crippen LogP contribution in [0.15, 0.2) is 34.5 Å². The smallest absolute Gasteiger partial charge is 0.263 e. The first-order valence-corrected chi connectivity index (χ1v) is 10.00. The lowest BCUT2D eigenvalue weighted by Gasteiger charge is -2.06. The maximum atomic E-state index is 12.3. The third-order valence-electron chi connectivity index (χ3n) is 2.95. The minimum atomic E-state index is -3.73. The number of benzene rings is 1. The van der Waals surface area contributed by atoms with Gasteiger partial charge in [-0.2, -0.15) is 0 Å². The van der Waals surface area contributed by atoms with Gasteiger partial charge in [0.2, 0.25) is 5.91 Å². The van der Waals surface area contributed by atoms with E-state index in [9.17, 15) is 13.2 Å². The summed E-state index contributed by atoms with van der Waals surface area (Å²) in [6, 6.07) is 5.84. The number of nitrogens with zero attached hydrogens (tertiary/aromatic N) is 1. The molecule has 0 bridgehead atoms. The van der Waals surface area contributed by atoms with Crippen molar-refractivity contribution in [3.63, 3.8) is 0 Å². The summed E-state index contributed by atoms with van der Waals surface area (Å²) in [5.41, 5.74) is 0.523. The number of hydrogen-bond donors (Lipinski definition) is 2. The van der Waals surface area contributed by atoms with Crippen molar-refractivity contribution in [3.05, 3.63) is 40.4 Å². The number of carbonyl (C=O) groups excluding carboxylic acids is 1. The molecule has 9 heteroatoms. The highest BCUT2D eigenvalue weighted by molar-refractivity contribution is 7.93. The van der Waals surface area contributed by atoms with Gasteiger partial charge in [-0.3, -0.25) is 9.52 Å². The lowest BCUT2D eigenvalue weighted by molar-refractivity contribution is -0.120. The molecule has 0 aliphatic heterocycles. The maximum absolute atomic E-state index is 12.3. The van der Waals surface area contributed by atoms with Crippen LogP contribution in [0.3, 0.4) is 0 Å². The van der Waals surface area contributed by atoms with E-state index in [1.807, 2.05) is 13.8 Å². The Balaban J connectivity index is 2.00. The molecule has 0 aliphatic carbocycles. The van der Waals surface area contributed by atoms with Gasteiger partial charge in [-0.15, -0.1) is 11.3 Å². The van der Waals surface area contributed by atoms with Gasteiger partial charge in [0.15, 0.2) is 5.13 Å². The van der Waals surface area contributed by atoms with E-state index in [0.29, 0.717) is 23.2 Å². The highest BCUT2D eigenvalue weighted by atomic mass is 35.5. The van der Waals surface area contributed by atoms with Crippen LogP contribution in [0.4, 0.5) is 5.13 Å². The average Bonchev–Trinajstić information content (AvgIpc) is 2.92. The van der Waals surface area contributed by atoms with Gasteiger partial charge in [0.05, 0.1) is 17.0 Å². The lowest BCUT2D eigenvalue weighted by Crippen LogP contribution is -2.28. The lowest BCUT2D eigenvalue weighted by atomic mass is 10.2. The van der Waals surface area contributed by atoms with Gasteiger partial charge in [0.1, 0.15) is 0 Å². The Kier molecular flexibility index (Phi) is 6.20. The number of anilines is 1. The number of thiazole rings is 1. The molecular formula is C15H18ClN3O3S2. The second kappa shape index (κ2) is 7.96. The standard InChI is InChI=1S/C15H18ClN3O3S2/c1-10(2)8-17-14(20)7-12-9-23-15(18-12)19-24(21,22)13-5-3-11(16)4-6-13/h3-6,9-10H,7-8H2,1-2H3,(H,17,20)(H,18,19). The average molecular weight is 388 g/mol. The summed E-state index contributed by atoms with van der Waals surface area (Å²) in [4.78, 5) is 16.0. The van der Waals surface area contributed by atoms with Crippen molar-refractivity contribution >= 4 is 44.0 Å². The third kappa shape index (κ3) is 5.47. The van der Waals surface area contributed by atoms with Crippen molar-refractivity contribution in [1.82, 2.24) is 10.3 Å². The van der Waals surface area contributed by atoms with E-state index in [0.717, 1.165) is 11.3 Å². The molecular weight excluding hydrogens is 370 g/mol. The van der Waals surface area contributed by atoms with Crippen LogP contribution in [-0.2, 0) is 21.2 Å². The molecule has 2 N–H and O–H groups in total. The molecule has 0 radical (unpaired) electrons. The zero-order chi connectivity index (χ0) is 17.7. The third-order valence-corrected chi connectivity index (χ3v) is 5.49. The molecule has 24 heavy (non-hydrogen) atoms. The van der Waals surface area contributed by atoms with Gasteiger partial charge < -0.3 is 5.32 Å².